The van der Waals surface area contributed by atoms with Gasteiger partial charge in [-0.3, -0.25) is 0 Å². The predicted molar refractivity (Wildman–Crippen MR) is 104 cm³/mol. The average molecular weight is 391 g/mol. The molecule has 2 N–H and O–H groups in total. The largest absolute Gasteiger partial charge is 0.338 e. The number of urea groups is 1. The molecule has 7 nitrogen and oxygen atoms in total. The smallest absolute Gasteiger partial charge is 0.315 e. The Morgan fingerprint density at radius 3 is 2.74 bits per heavy atom. The molecule has 3 heterocycles. The van der Waals surface area contributed by atoms with Gasteiger partial charge in [0.25, 0.3) is 0 Å². The summed E-state index contributed by atoms with van der Waals surface area (Å²) in [5.41, 5.74) is 1.03. The van der Waals surface area contributed by atoms with Crippen molar-refractivity contribution < 1.29 is 13.2 Å². The SMILES string of the molecule is O=C(NCC1CCS(=O)(=O)C1)NC1CCC(n2ccc3cccnc32)CC1. The van der Waals surface area contributed by atoms with Gasteiger partial charge >= 0.3 is 6.03 Å². The summed E-state index contributed by atoms with van der Waals surface area (Å²) < 4.78 is 25.2. The molecule has 2 aromatic rings. The second kappa shape index (κ2) is 7.50. The summed E-state index contributed by atoms with van der Waals surface area (Å²) in [6, 6.07) is 6.53. The molecule has 1 saturated heterocycles. The highest BCUT2D eigenvalue weighted by Gasteiger charge is 2.28. The van der Waals surface area contributed by atoms with E-state index in [1.807, 2.05) is 12.3 Å². The van der Waals surface area contributed by atoms with E-state index in [2.05, 4.69) is 38.5 Å². The van der Waals surface area contributed by atoms with Gasteiger partial charge in [0.2, 0.25) is 0 Å². The maximum atomic E-state index is 12.1. The summed E-state index contributed by atoms with van der Waals surface area (Å²) in [5.74, 6) is 0.483. The summed E-state index contributed by atoms with van der Waals surface area (Å²) in [7, 11) is -2.89. The fraction of sp³-hybridized carbons (Fsp3) is 0.579. The van der Waals surface area contributed by atoms with Crippen LogP contribution in [0, 0.1) is 5.92 Å². The van der Waals surface area contributed by atoms with Crippen molar-refractivity contribution in [3.63, 3.8) is 0 Å². The van der Waals surface area contributed by atoms with E-state index in [0.29, 0.717) is 19.0 Å². The summed E-state index contributed by atoms with van der Waals surface area (Å²) in [6.07, 6.45) is 8.46. The zero-order chi connectivity index (χ0) is 18.9. The fourth-order valence-corrected chi connectivity index (χ4v) is 6.15. The minimum Gasteiger partial charge on any atom is -0.338 e. The van der Waals surface area contributed by atoms with Gasteiger partial charge in [0, 0.05) is 36.4 Å². The molecule has 2 aliphatic rings. The van der Waals surface area contributed by atoms with Crippen molar-refractivity contribution in [3.05, 3.63) is 30.6 Å². The van der Waals surface area contributed by atoms with E-state index in [1.54, 1.807) is 0 Å². The van der Waals surface area contributed by atoms with Gasteiger partial charge in [-0.2, -0.15) is 0 Å². The molecule has 8 heteroatoms. The number of nitrogens with one attached hydrogen (secondary N) is 2. The zero-order valence-corrected chi connectivity index (χ0v) is 16.1. The van der Waals surface area contributed by atoms with Crippen LogP contribution in [0.15, 0.2) is 30.6 Å². The number of aromatic nitrogens is 2. The quantitative estimate of drug-likeness (QED) is 0.837. The highest BCUT2D eigenvalue weighted by molar-refractivity contribution is 7.91. The first-order valence-electron chi connectivity index (χ1n) is 9.66. The predicted octanol–water partition coefficient (Wildman–Crippen LogP) is 2.25. The third kappa shape index (κ3) is 4.26. The molecule has 27 heavy (non-hydrogen) atoms. The molecule has 4 rings (SSSR count). The van der Waals surface area contributed by atoms with Gasteiger partial charge in [0.1, 0.15) is 5.65 Å². The number of rotatable bonds is 4. The Hall–Kier alpha value is -2.09. The van der Waals surface area contributed by atoms with Crippen LogP contribution in [0.1, 0.15) is 38.1 Å². The van der Waals surface area contributed by atoms with Crippen molar-refractivity contribution in [2.24, 2.45) is 5.92 Å². The molecule has 2 aromatic heterocycles. The highest BCUT2D eigenvalue weighted by Crippen LogP contribution is 2.31. The molecule has 2 amide bonds. The van der Waals surface area contributed by atoms with Crippen molar-refractivity contribution in [3.8, 4) is 0 Å². The summed E-state index contributed by atoms with van der Waals surface area (Å²) in [5, 5.41) is 7.04. The van der Waals surface area contributed by atoms with Gasteiger partial charge in [-0.05, 0) is 56.2 Å². The number of nitrogens with zero attached hydrogens (tertiary/aromatic N) is 2. The lowest BCUT2D eigenvalue weighted by molar-refractivity contribution is 0.226. The number of hydrogen-bond donors (Lipinski definition) is 2. The molecule has 1 aliphatic heterocycles. The Morgan fingerprint density at radius 1 is 1.19 bits per heavy atom. The third-order valence-electron chi connectivity index (χ3n) is 5.78. The van der Waals surface area contributed by atoms with Crippen molar-refractivity contribution >= 4 is 26.9 Å². The number of carbonyl (C=O) groups is 1. The van der Waals surface area contributed by atoms with E-state index in [-0.39, 0.29) is 29.5 Å². The molecular formula is C19H26N4O3S. The van der Waals surface area contributed by atoms with E-state index in [1.165, 1.54) is 0 Å². The second-order valence-corrected chi connectivity index (χ2v) is 10.00. The van der Waals surface area contributed by atoms with E-state index in [9.17, 15) is 13.2 Å². The monoisotopic (exact) mass is 390 g/mol. The number of amides is 2. The highest BCUT2D eigenvalue weighted by atomic mass is 32.2. The Morgan fingerprint density at radius 2 is 2.00 bits per heavy atom. The molecule has 1 aliphatic carbocycles. The van der Waals surface area contributed by atoms with Gasteiger partial charge in [-0.25, -0.2) is 18.2 Å². The molecule has 1 atom stereocenters. The molecule has 0 bridgehead atoms. The van der Waals surface area contributed by atoms with Crippen LogP contribution in [0.25, 0.3) is 11.0 Å². The number of sulfone groups is 1. The normalized spacial score (nSPS) is 27.5. The van der Waals surface area contributed by atoms with E-state index < -0.39 is 9.84 Å². The number of carbonyl (C=O) groups excluding carboxylic acids is 1. The van der Waals surface area contributed by atoms with E-state index in [4.69, 9.17) is 0 Å². The van der Waals surface area contributed by atoms with Gasteiger partial charge in [0.05, 0.1) is 11.5 Å². The average Bonchev–Trinajstić information content (AvgIpc) is 3.24. The van der Waals surface area contributed by atoms with Crippen LogP contribution >= 0.6 is 0 Å². The van der Waals surface area contributed by atoms with E-state index in [0.717, 1.165) is 36.7 Å². The Bertz CT molecular complexity index is 916. The first-order valence-corrected chi connectivity index (χ1v) is 11.5. The van der Waals surface area contributed by atoms with Crippen LogP contribution in [0.2, 0.25) is 0 Å². The van der Waals surface area contributed by atoms with Crippen molar-refractivity contribution in [2.75, 3.05) is 18.1 Å². The van der Waals surface area contributed by atoms with Gasteiger partial charge in [-0.15, -0.1) is 0 Å². The van der Waals surface area contributed by atoms with Crippen LogP contribution in [0.4, 0.5) is 4.79 Å². The third-order valence-corrected chi connectivity index (χ3v) is 7.62. The molecular weight excluding hydrogens is 364 g/mol. The first kappa shape index (κ1) is 18.3. The Labute approximate surface area is 159 Å². The minimum absolute atomic E-state index is 0.0472. The molecule has 0 aromatic carbocycles. The molecule has 1 unspecified atom stereocenters. The Balaban J connectivity index is 1.24. The van der Waals surface area contributed by atoms with Crippen molar-refractivity contribution in [2.45, 2.75) is 44.2 Å². The summed E-state index contributed by atoms with van der Waals surface area (Å²) >= 11 is 0. The van der Waals surface area contributed by atoms with Crippen LogP contribution in [0.5, 0.6) is 0 Å². The van der Waals surface area contributed by atoms with Crippen molar-refractivity contribution in [1.29, 1.82) is 0 Å². The summed E-state index contributed by atoms with van der Waals surface area (Å²) in [4.78, 5) is 16.6. The maximum Gasteiger partial charge on any atom is 0.315 e. The lowest BCUT2D eigenvalue weighted by atomic mass is 9.91. The van der Waals surface area contributed by atoms with E-state index >= 15 is 0 Å². The zero-order valence-electron chi connectivity index (χ0n) is 15.3. The standard InChI is InChI=1S/C19H26N4O3S/c24-19(21-12-14-8-11-27(25,26)13-14)22-16-3-5-17(6-4-16)23-10-7-15-2-1-9-20-18(15)23/h1-2,7,9-10,14,16-17H,3-6,8,11-13H2,(H2,21,22,24). The number of pyridine rings is 1. The molecule has 2 fully saturated rings. The molecule has 0 spiro atoms. The van der Waals surface area contributed by atoms with Gasteiger partial charge in [-0.1, -0.05) is 0 Å². The van der Waals surface area contributed by atoms with Gasteiger partial charge < -0.3 is 15.2 Å². The lowest BCUT2D eigenvalue weighted by Crippen LogP contribution is -2.45. The summed E-state index contributed by atoms with van der Waals surface area (Å²) in [6.45, 7) is 0.432. The minimum atomic E-state index is -2.89. The first-order chi connectivity index (χ1) is 13.0. The van der Waals surface area contributed by atoms with Crippen molar-refractivity contribution in [1.82, 2.24) is 20.2 Å². The maximum absolute atomic E-state index is 12.1. The topological polar surface area (TPSA) is 93.1 Å². The lowest BCUT2D eigenvalue weighted by Gasteiger charge is -2.30. The van der Waals surface area contributed by atoms with Gasteiger partial charge in [0.15, 0.2) is 9.84 Å². The number of hydrogen-bond acceptors (Lipinski definition) is 4. The van der Waals surface area contributed by atoms with Crippen LogP contribution < -0.4 is 10.6 Å². The molecule has 0 radical (unpaired) electrons. The second-order valence-electron chi connectivity index (χ2n) is 7.77. The van der Waals surface area contributed by atoms with Crippen LogP contribution in [-0.4, -0.2) is 48.1 Å². The molecule has 146 valence electrons. The van der Waals surface area contributed by atoms with Crippen LogP contribution in [0.3, 0.4) is 0 Å². The van der Waals surface area contributed by atoms with Crippen LogP contribution in [-0.2, 0) is 9.84 Å². The number of fused-ring (bicyclic) bond motifs is 1. The molecule has 1 saturated carbocycles. The fourth-order valence-electron chi connectivity index (χ4n) is 4.29. The Kier molecular flexibility index (Phi) is 5.08.